The summed E-state index contributed by atoms with van der Waals surface area (Å²) in [6.45, 7) is 0.375. The van der Waals surface area contributed by atoms with Crippen LogP contribution in [0.1, 0.15) is 12.8 Å². The van der Waals surface area contributed by atoms with Gasteiger partial charge in [0, 0.05) is 0 Å². The summed E-state index contributed by atoms with van der Waals surface area (Å²) >= 11 is 0. The van der Waals surface area contributed by atoms with Crippen LogP contribution in [0.4, 0.5) is 0 Å². The molecule has 2 atom stereocenters. The zero-order chi connectivity index (χ0) is 8.27. The lowest BCUT2D eigenvalue weighted by molar-refractivity contribution is -0.162. The second-order valence-corrected chi connectivity index (χ2v) is 2.48. The molecular weight excluding hydrogens is 148 g/mol. The molecule has 0 aliphatic heterocycles. The number of hydrogen-bond acceptors (Lipinski definition) is 4. The van der Waals surface area contributed by atoms with Crippen LogP contribution in [0, 0.1) is 5.92 Å². The van der Waals surface area contributed by atoms with E-state index in [4.69, 9.17) is 0 Å². The van der Waals surface area contributed by atoms with Gasteiger partial charge in [-0.05, 0) is 12.8 Å². The summed E-state index contributed by atoms with van der Waals surface area (Å²) in [5.41, 5.74) is 0. The average Bonchev–Trinajstić information content (AvgIpc) is 1.98. The quantitative estimate of drug-likeness (QED) is 0.432. The normalized spacial score (nSPS) is 28.5. The second-order valence-electron chi connectivity index (χ2n) is 2.48. The number of hydrogen-bond donors (Lipinski definition) is 0. The lowest BCUT2D eigenvalue weighted by atomic mass is 9.82. The molecule has 0 bridgehead atoms. The van der Waals surface area contributed by atoms with Crippen LogP contribution >= 0.6 is 0 Å². The fraction of sp³-hybridized carbons (Fsp3) is 0.714. The number of esters is 1. The number of rotatable bonds is 3. The maximum Gasteiger partial charge on any atom is 0.312 e. The summed E-state index contributed by atoms with van der Waals surface area (Å²) in [7, 11) is 1.33. The molecule has 0 amide bonds. The number of carbonyl (C=O) groups is 2. The van der Waals surface area contributed by atoms with E-state index in [1.165, 1.54) is 7.11 Å². The van der Waals surface area contributed by atoms with Crippen LogP contribution in [0.15, 0.2) is 0 Å². The molecule has 1 rings (SSSR count). The predicted molar refractivity (Wildman–Crippen MR) is 35.7 cm³/mol. The lowest BCUT2D eigenvalue weighted by Crippen LogP contribution is -2.40. The van der Waals surface area contributed by atoms with Crippen molar-refractivity contribution in [2.45, 2.75) is 18.9 Å². The molecule has 0 aromatic heterocycles. The molecule has 0 aromatic rings. The monoisotopic (exact) mass is 158 g/mol. The highest BCUT2D eigenvalue weighted by Crippen LogP contribution is 2.30. The molecule has 1 fully saturated rings. The molecule has 1 aliphatic carbocycles. The third-order valence-corrected chi connectivity index (χ3v) is 1.95. The molecule has 0 N–H and O–H groups in total. The Kier molecular flexibility index (Phi) is 2.46. The van der Waals surface area contributed by atoms with Crippen LogP contribution in [-0.4, -0.2) is 25.7 Å². The van der Waals surface area contributed by atoms with Crippen molar-refractivity contribution in [2.75, 3.05) is 7.11 Å². The van der Waals surface area contributed by atoms with E-state index in [1.807, 2.05) is 0 Å². The van der Waals surface area contributed by atoms with Crippen LogP contribution < -0.4 is 0 Å². The number of carbonyl (C=O) groups excluding carboxylic acids is 2. The van der Waals surface area contributed by atoms with Gasteiger partial charge in [0.05, 0.1) is 13.0 Å². The first kappa shape index (κ1) is 8.04. The molecule has 62 valence electrons. The van der Waals surface area contributed by atoms with Crippen molar-refractivity contribution in [2.24, 2.45) is 5.92 Å². The Labute approximate surface area is 64.5 Å². The SMILES string of the molecule is COC(=O)C1CCC1OC=O. The molecule has 2 unspecified atom stereocenters. The van der Waals surface area contributed by atoms with Gasteiger partial charge in [-0.15, -0.1) is 0 Å². The van der Waals surface area contributed by atoms with Crippen molar-refractivity contribution in [3.63, 3.8) is 0 Å². The maximum absolute atomic E-state index is 10.9. The van der Waals surface area contributed by atoms with E-state index in [-0.39, 0.29) is 18.0 Å². The second kappa shape index (κ2) is 3.37. The van der Waals surface area contributed by atoms with E-state index in [1.54, 1.807) is 0 Å². The van der Waals surface area contributed by atoms with Crippen molar-refractivity contribution in [3.05, 3.63) is 0 Å². The van der Waals surface area contributed by atoms with Gasteiger partial charge in [0.2, 0.25) is 0 Å². The Morgan fingerprint density at radius 3 is 2.64 bits per heavy atom. The molecule has 1 aliphatic rings. The predicted octanol–water partition coefficient (Wildman–Crippen LogP) is 0.111. The molecule has 11 heavy (non-hydrogen) atoms. The standard InChI is InChI=1S/C7H10O4/c1-10-7(9)5-2-3-6(5)11-4-8/h4-6H,2-3H2,1H3. The van der Waals surface area contributed by atoms with Gasteiger partial charge in [-0.25, -0.2) is 0 Å². The first-order valence-electron chi connectivity index (χ1n) is 3.46. The summed E-state index contributed by atoms with van der Waals surface area (Å²) in [6, 6.07) is 0. The average molecular weight is 158 g/mol. The van der Waals surface area contributed by atoms with Crippen molar-refractivity contribution in [3.8, 4) is 0 Å². The highest BCUT2D eigenvalue weighted by atomic mass is 16.5. The molecule has 4 nitrogen and oxygen atoms in total. The van der Waals surface area contributed by atoms with Crippen LogP contribution in [0.25, 0.3) is 0 Å². The van der Waals surface area contributed by atoms with Gasteiger partial charge in [0.1, 0.15) is 6.10 Å². The minimum atomic E-state index is -0.289. The first-order chi connectivity index (χ1) is 5.29. The van der Waals surface area contributed by atoms with Gasteiger partial charge in [-0.3, -0.25) is 9.59 Å². The van der Waals surface area contributed by atoms with Crippen molar-refractivity contribution in [1.82, 2.24) is 0 Å². The molecule has 0 aromatic carbocycles. The topological polar surface area (TPSA) is 52.6 Å². The Balaban J connectivity index is 2.36. The molecule has 0 radical (unpaired) electrons. The van der Waals surface area contributed by atoms with E-state index in [9.17, 15) is 9.59 Å². The van der Waals surface area contributed by atoms with Crippen molar-refractivity contribution >= 4 is 12.4 Å². The summed E-state index contributed by atoms with van der Waals surface area (Å²) in [4.78, 5) is 20.8. The lowest BCUT2D eigenvalue weighted by Gasteiger charge is -2.31. The van der Waals surface area contributed by atoms with Crippen LogP contribution in [0.3, 0.4) is 0 Å². The van der Waals surface area contributed by atoms with E-state index in [0.29, 0.717) is 6.47 Å². The highest BCUT2D eigenvalue weighted by molar-refractivity contribution is 5.74. The minimum absolute atomic E-state index is 0.231. The summed E-state index contributed by atoms with van der Waals surface area (Å²) in [5.74, 6) is -0.520. The largest absolute Gasteiger partial charge is 0.469 e. The van der Waals surface area contributed by atoms with Gasteiger partial charge in [0.15, 0.2) is 0 Å². The van der Waals surface area contributed by atoms with E-state index >= 15 is 0 Å². The van der Waals surface area contributed by atoms with Crippen LogP contribution in [0.5, 0.6) is 0 Å². The van der Waals surface area contributed by atoms with E-state index in [2.05, 4.69) is 9.47 Å². The fourth-order valence-electron chi connectivity index (χ4n) is 1.12. The Morgan fingerprint density at radius 2 is 2.27 bits per heavy atom. The van der Waals surface area contributed by atoms with Gasteiger partial charge in [-0.1, -0.05) is 0 Å². The molecule has 0 spiro atoms. The highest BCUT2D eigenvalue weighted by Gasteiger charge is 2.38. The molecule has 0 heterocycles. The van der Waals surface area contributed by atoms with E-state index in [0.717, 1.165) is 12.8 Å². The zero-order valence-corrected chi connectivity index (χ0v) is 6.28. The van der Waals surface area contributed by atoms with Gasteiger partial charge in [0.25, 0.3) is 6.47 Å². The van der Waals surface area contributed by atoms with Gasteiger partial charge < -0.3 is 9.47 Å². The maximum atomic E-state index is 10.9. The number of ether oxygens (including phenoxy) is 2. The summed E-state index contributed by atoms with van der Waals surface area (Å²) in [5, 5.41) is 0. The van der Waals surface area contributed by atoms with Crippen molar-refractivity contribution < 1.29 is 19.1 Å². The van der Waals surface area contributed by atoms with Crippen molar-refractivity contribution in [1.29, 1.82) is 0 Å². The summed E-state index contributed by atoms with van der Waals surface area (Å²) in [6.07, 6.45) is 1.27. The van der Waals surface area contributed by atoms with Crippen LogP contribution in [0.2, 0.25) is 0 Å². The summed E-state index contributed by atoms with van der Waals surface area (Å²) < 4.78 is 9.13. The Hall–Kier alpha value is -1.06. The molecule has 1 saturated carbocycles. The minimum Gasteiger partial charge on any atom is -0.469 e. The van der Waals surface area contributed by atoms with Gasteiger partial charge in [-0.2, -0.15) is 0 Å². The number of methoxy groups -OCH3 is 1. The molecule has 4 heteroatoms. The Bertz CT molecular complexity index is 166. The smallest absolute Gasteiger partial charge is 0.312 e. The third-order valence-electron chi connectivity index (χ3n) is 1.95. The first-order valence-corrected chi connectivity index (χ1v) is 3.46. The zero-order valence-electron chi connectivity index (χ0n) is 6.28. The third kappa shape index (κ3) is 1.50. The molecule has 0 saturated heterocycles. The Morgan fingerprint density at radius 1 is 1.55 bits per heavy atom. The van der Waals surface area contributed by atoms with Crippen LogP contribution in [-0.2, 0) is 19.1 Å². The molecular formula is C7H10O4. The van der Waals surface area contributed by atoms with E-state index < -0.39 is 0 Å². The fourth-order valence-corrected chi connectivity index (χ4v) is 1.12. The van der Waals surface area contributed by atoms with Gasteiger partial charge >= 0.3 is 5.97 Å².